The van der Waals surface area contributed by atoms with Gasteiger partial charge in [0.15, 0.2) is 0 Å². The molecule has 0 aliphatic heterocycles. The summed E-state index contributed by atoms with van der Waals surface area (Å²) in [5.41, 5.74) is 6.49. The van der Waals surface area contributed by atoms with Crippen LogP contribution < -0.4 is 5.73 Å². The van der Waals surface area contributed by atoms with Crippen LogP contribution in [-0.2, 0) is 4.74 Å². The van der Waals surface area contributed by atoms with Crippen LogP contribution in [0.1, 0.15) is 13.8 Å². The van der Waals surface area contributed by atoms with Crippen molar-refractivity contribution >= 4 is 17.4 Å². The Kier molecular flexibility index (Phi) is 4.84. The van der Waals surface area contributed by atoms with Gasteiger partial charge in [-0.3, -0.25) is 0 Å². The molecule has 2 N–H and O–H groups in total. The van der Waals surface area contributed by atoms with E-state index in [1.807, 2.05) is 32.0 Å². The number of hydrogen-bond donors (Lipinski definition) is 1. The molecule has 0 amide bonds. The standard InChI is InChI=1S/C11H17NOS/c1-9(2)13-6-7-14-11-5-3-4-10(12)8-11/h3-5,8-9H,6-7,12H2,1-2H3. The van der Waals surface area contributed by atoms with E-state index < -0.39 is 0 Å². The fourth-order valence-corrected chi connectivity index (χ4v) is 1.86. The Labute approximate surface area is 89.8 Å². The largest absolute Gasteiger partial charge is 0.399 e. The maximum Gasteiger partial charge on any atom is 0.0563 e. The van der Waals surface area contributed by atoms with Crippen molar-refractivity contribution in [2.24, 2.45) is 0 Å². The average Bonchev–Trinajstić information content (AvgIpc) is 2.12. The molecule has 78 valence electrons. The molecule has 0 spiro atoms. The molecule has 0 aliphatic rings. The number of nitrogens with two attached hydrogens (primary N) is 1. The molecule has 0 bridgehead atoms. The van der Waals surface area contributed by atoms with Crippen molar-refractivity contribution in [2.45, 2.75) is 24.8 Å². The zero-order chi connectivity index (χ0) is 10.4. The zero-order valence-corrected chi connectivity index (χ0v) is 9.51. The smallest absolute Gasteiger partial charge is 0.0563 e. The summed E-state index contributed by atoms with van der Waals surface area (Å²) in [5.74, 6) is 0.974. The van der Waals surface area contributed by atoms with Gasteiger partial charge in [-0.05, 0) is 32.0 Å². The third-order valence-electron chi connectivity index (χ3n) is 1.66. The third-order valence-corrected chi connectivity index (χ3v) is 2.62. The van der Waals surface area contributed by atoms with Crippen LogP contribution in [-0.4, -0.2) is 18.5 Å². The lowest BCUT2D eigenvalue weighted by atomic mass is 10.3. The monoisotopic (exact) mass is 211 g/mol. The molecule has 3 heteroatoms. The number of rotatable bonds is 5. The lowest BCUT2D eigenvalue weighted by Crippen LogP contribution is -2.05. The van der Waals surface area contributed by atoms with Crippen molar-refractivity contribution in [1.29, 1.82) is 0 Å². The Morgan fingerprint density at radius 3 is 2.86 bits per heavy atom. The summed E-state index contributed by atoms with van der Waals surface area (Å²) in [7, 11) is 0. The van der Waals surface area contributed by atoms with E-state index in [-0.39, 0.29) is 0 Å². The van der Waals surface area contributed by atoms with Crippen LogP contribution in [0.2, 0.25) is 0 Å². The van der Waals surface area contributed by atoms with Gasteiger partial charge in [-0.25, -0.2) is 0 Å². The first-order valence-corrected chi connectivity index (χ1v) is 5.77. The lowest BCUT2D eigenvalue weighted by molar-refractivity contribution is 0.0920. The number of benzene rings is 1. The zero-order valence-electron chi connectivity index (χ0n) is 8.69. The highest BCUT2D eigenvalue weighted by atomic mass is 32.2. The Morgan fingerprint density at radius 1 is 1.43 bits per heavy atom. The number of thioether (sulfide) groups is 1. The van der Waals surface area contributed by atoms with Gasteiger partial charge >= 0.3 is 0 Å². The van der Waals surface area contributed by atoms with Crippen LogP contribution in [0.5, 0.6) is 0 Å². The van der Waals surface area contributed by atoms with Crippen molar-refractivity contribution in [3.8, 4) is 0 Å². The molecular formula is C11H17NOS. The van der Waals surface area contributed by atoms with E-state index in [0.29, 0.717) is 6.10 Å². The highest BCUT2D eigenvalue weighted by Crippen LogP contribution is 2.19. The molecule has 0 saturated carbocycles. The predicted octanol–water partition coefficient (Wildman–Crippen LogP) is 2.79. The molecule has 0 heterocycles. The number of ether oxygens (including phenoxy) is 1. The fourth-order valence-electron chi connectivity index (χ4n) is 1.05. The summed E-state index contributed by atoms with van der Waals surface area (Å²) in [6.07, 6.45) is 0.316. The molecular weight excluding hydrogens is 194 g/mol. The van der Waals surface area contributed by atoms with Crippen LogP contribution in [0.25, 0.3) is 0 Å². The Morgan fingerprint density at radius 2 is 2.21 bits per heavy atom. The predicted molar refractivity (Wildman–Crippen MR) is 62.7 cm³/mol. The van der Waals surface area contributed by atoms with E-state index in [4.69, 9.17) is 10.5 Å². The molecule has 0 aromatic heterocycles. The summed E-state index contributed by atoms with van der Waals surface area (Å²) >= 11 is 1.77. The van der Waals surface area contributed by atoms with Gasteiger partial charge < -0.3 is 10.5 Å². The summed E-state index contributed by atoms with van der Waals surface area (Å²) in [6, 6.07) is 7.92. The van der Waals surface area contributed by atoms with Crippen molar-refractivity contribution in [3.63, 3.8) is 0 Å². The second kappa shape index (κ2) is 5.94. The lowest BCUT2D eigenvalue weighted by Gasteiger charge is -2.07. The van der Waals surface area contributed by atoms with Crippen LogP contribution in [0.4, 0.5) is 5.69 Å². The molecule has 0 fully saturated rings. The normalized spacial score (nSPS) is 10.8. The number of hydrogen-bond acceptors (Lipinski definition) is 3. The number of anilines is 1. The number of nitrogen functional groups attached to an aromatic ring is 1. The van der Waals surface area contributed by atoms with Crippen molar-refractivity contribution in [1.82, 2.24) is 0 Å². The molecule has 0 radical (unpaired) electrons. The minimum absolute atomic E-state index is 0.316. The minimum atomic E-state index is 0.316. The maximum atomic E-state index is 5.67. The molecule has 0 unspecified atom stereocenters. The Balaban J connectivity index is 2.25. The van der Waals surface area contributed by atoms with Crippen LogP contribution in [0, 0.1) is 0 Å². The van der Waals surface area contributed by atoms with Crippen LogP contribution >= 0.6 is 11.8 Å². The van der Waals surface area contributed by atoms with Crippen molar-refractivity contribution < 1.29 is 4.74 Å². The fraction of sp³-hybridized carbons (Fsp3) is 0.455. The second-order valence-electron chi connectivity index (χ2n) is 3.34. The van der Waals surface area contributed by atoms with Gasteiger partial charge in [-0.1, -0.05) is 6.07 Å². The first kappa shape index (κ1) is 11.4. The highest BCUT2D eigenvalue weighted by molar-refractivity contribution is 7.99. The van der Waals surface area contributed by atoms with Crippen LogP contribution in [0.3, 0.4) is 0 Å². The Bertz CT molecular complexity index is 276. The van der Waals surface area contributed by atoms with Gasteiger partial charge in [-0.15, -0.1) is 11.8 Å². The third kappa shape index (κ3) is 4.53. The van der Waals surface area contributed by atoms with Gasteiger partial charge in [0.05, 0.1) is 12.7 Å². The van der Waals surface area contributed by atoms with E-state index >= 15 is 0 Å². The van der Waals surface area contributed by atoms with E-state index in [9.17, 15) is 0 Å². The highest BCUT2D eigenvalue weighted by Gasteiger charge is 1.96. The van der Waals surface area contributed by atoms with E-state index in [2.05, 4.69) is 6.07 Å². The molecule has 1 aromatic carbocycles. The van der Waals surface area contributed by atoms with E-state index in [0.717, 1.165) is 18.0 Å². The van der Waals surface area contributed by atoms with Gasteiger partial charge in [0.2, 0.25) is 0 Å². The van der Waals surface area contributed by atoms with Gasteiger partial charge in [0, 0.05) is 16.3 Å². The van der Waals surface area contributed by atoms with Crippen molar-refractivity contribution in [2.75, 3.05) is 18.1 Å². The second-order valence-corrected chi connectivity index (χ2v) is 4.51. The molecule has 1 aromatic rings. The summed E-state index contributed by atoms with van der Waals surface area (Å²) < 4.78 is 5.44. The Hall–Kier alpha value is -0.670. The van der Waals surface area contributed by atoms with Crippen molar-refractivity contribution in [3.05, 3.63) is 24.3 Å². The topological polar surface area (TPSA) is 35.2 Å². The summed E-state index contributed by atoms with van der Waals surface area (Å²) in [6.45, 7) is 4.88. The SMILES string of the molecule is CC(C)OCCSc1cccc(N)c1. The molecule has 14 heavy (non-hydrogen) atoms. The maximum absolute atomic E-state index is 5.67. The molecule has 0 saturated heterocycles. The quantitative estimate of drug-likeness (QED) is 0.462. The molecule has 0 aliphatic carbocycles. The molecule has 2 nitrogen and oxygen atoms in total. The van der Waals surface area contributed by atoms with E-state index in [1.165, 1.54) is 4.90 Å². The van der Waals surface area contributed by atoms with Gasteiger partial charge in [0.25, 0.3) is 0 Å². The summed E-state index contributed by atoms with van der Waals surface area (Å²) in [5, 5.41) is 0. The minimum Gasteiger partial charge on any atom is -0.399 e. The van der Waals surface area contributed by atoms with E-state index in [1.54, 1.807) is 11.8 Å². The first-order chi connectivity index (χ1) is 6.68. The molecule has 0 atom stereocenters. The first-order valence-electron chi connectivity index (χ1n) is 4.78. The van der Waals surface area contributed by atoms with Crippen LogP contribution in [0.15, 0.2) is 29.2 Å². The van der Waals surface area contributed by atoms with Gasteiger partial charge in [-0.2, -0.15) is 0 Å². The molecule has 1 rings (SSSR count). The average molecular weight is 211 g/mol. The van der Waals surface area contributed by atoms with Gasteiger partial charge in [0.1, 0.15) is 0 Å². The summed E-state index contributed by atoms with van der Waals surface area (Å²) in [4.78, 5) is 1.21.